The van der Waals surface area contributed by atoms with Crippen LogP contribution >= 0.6 is 0 Å². The lowest BCUT2D eigenvalue weighted by Gasteiger charge is -2.23. The predicted octanol–water partition coefficient (Wildman–Crippen LogP) is 1.65. The van der Waals surface area contributed by atoms with Crippen LogP contribution in [-0.4, -0.2) is 29.1 Å². The summed E-state index contributed by atoms with van der Waals surface area (Å²) in [6.07, 6.45) is 5.70. The van der Waals surface area contributed by atoms with Crippen molar-refractivity contribution in [3.8, 4) is 0 Å². The van der Waals surface area contributed by atoms with Crippen molar-refractivity contribution in [1.82, 2.24) is 15.3 Å². The summed E-state index contributed by atoms with van der Waals surface area (Å²) < 4.78 is 0. The van der Waals surface area contributed by atoms with E-state index in [0.29, 0.717) is 6.04 Å². The summed E-state index contributed by atoms with van der Waals surface area (Å²) in [5, 5.41) is 6.85. The zero-order valence-corrected chi connectivity index (χ0v) is 10.1. The van der Waals surface area contributed by atoms with Gasteiger partial charge >= 0.3 is 0 Å². The number of hydrogen-bond acceptors (Lipinski definition) is 4. The monoisotopic (exact) mass is 220 g/mol. The summed E-state index contributed by atoms with van der Waals surface area (Å²) in [6, 6.07) is 0.581. The van der Waals surface area contributed by atoms with E-state index in [1.165, 1.54) is 19.3 Å². The fourth-order valence-corrected chi connectivity index (χ4v) is 1.95. The van der Waals surface area contributed by atoms with E-state index in [2.05, 4.69) is 20.6 Å². The maximum absolute atomic E-state index is 4.46. The van der Waals surface area contributed by atoms with Crippen molar-refractivity contribution in [1.29, 1.82) is 0 Å². The Hall–Kier alpha value is -1.16. The molecule has 0 aliphatic carbocycles. The van der Waals surface area contributed by atoms with Crippen LogP contribution in [0.5, 0.6) is 0 Å². The number of aromatic nitrogens is 2. The van der Waals surface area contributed by atoms with Crippen LogP contribution in [0.25, 0.3) is 0 Å². The fourth-order valence-electron chi connectivity index (χ4n) is 1.95. The summed E-state index contributed by atoms with van der Waals surface area (Å²) in [6.45, 7) is 6.06. The minimum atomic E-state index is 0.581. The molecule has 2 rings (SSSR count). The van der Waals surface area contributed by atoms with E-state index in [9.17, 15) is 0 Å². The molecule has 0 radical (unpaired) electrons. The molecular formula is C12H20N4. The smallest absolute Gasteiger partial charge is 0.144 e. The molecule has 1 atom stereocenters. The first-order valence-electron chi connectivity index (χ1n) is 6.03. The molecule has 16 heavy (non-hydrogen) atoms. The van der Waals surface area contributed by atoms with Crippen LogP contribution in [0.3, 0.4) is 0 Å². The summed E-state index contributed by atoms with van der Waals surface area (Å²) in [5.41, 5.74) is 2.00. The van der Waals surface area contributed by atoms with Crippen molar-refractivity contribution in [2.24, 2.45) is 0 Å². The molecule has 4 heteroatoms. The molecule has 1 aliphatic rings. The summed E-state index contributed by atoms with van der Waals surface area (Å²) in [5.74, 6) is 0.885. The molecule has 0 bridgehead atoms. The standard InChI is InChI=1S/C12H20N4/c1-9-10(2)16-12(8-14-9)15-7-11-5-3-4-6-13-11/h8,11,13H,3-7H2,1-2H3,(H,15,16). The van der Waals surface area contributed by atoms with E-state index < -0.39 is 0 Å². The number of aryl methyl sites for hydroxylation is 2. The topological polar surface area (TPSA) is 49.8 Å². The Labute approximate surface area is 96.9 Å². The van der Waals surface area contributed by atoms with Gasteiger partial charge in [-0.3, -0.25) is 4.98 Å². The van der Waals surface area contributed by atoms with Gasteiger partial charge in [-0.25, -0.2) is 4.98 Å². The second kappa shape index (κ2) is 5.25. The highest BCUT2D eigenvalue weighted by molar-refractivity contribution is 5.33. The van der Waals surface area contributed by atoms with E-state index in [1.807, 2.05) is 20.0 Å². The summed E-state index contributed by atoms with van der Waals surface area (Å²) in [7, 11) is 0. The van der Waals surface area contributed by atoms with Crippen LogP contribution in [0.2, 0.25) is 0 Å². The van der Waals surface area contributed by atoms with Crippen LogP contribution in [0.4, 0.5) is 5.82 Å². The molecule has 4 nitrogen and oxygen atoms in total. The Kier molecular flexibility index (Phi) is 3.72. The first-order valence-corrected chi connectivity index (χ1v) is 6.03. The molecule has 1 aliphatic heterocycles. The van der Waals surface area contributed by atoms with E-state index in [-0.39, 0.29) is 0 Å². The van der Waals surface area contributed by atoms with Gasteiger partial charge in [-0.2, -0.15) is 0 Å². The van der Waals surface area contributed by atoms with E-state index in [4.69, 9.17) is 0 Å². The highest BCUT2D eigenvalue weighted by Gasteiger charge is 2.12. The van der Waals surface area contributed by atoms with Crippen LogP contribution in [-0.2, 0) is 0 Å². The minimum absolute atomic E-state index is 0.581. The Bertz CT molecular complexity index is 345. The van der Waals surface area contributed by atoms with E-state index >= 15 is 0 Å². The number of hydrogen-bond donors (Lipinski definition) is 2. The fraction of sp³-hybridized carbons (Fsp3) is 0.667. The zero-order chi connectivity index (χ0) is 11.4. The number of nitrogens with zero attached hydrogens (tertiary/aromatic N) is 2. The van der Waals surface area contributed by atoms with Gasteiger partial charge in [0.05, 0.1) is 17.6 Å². The van der Waals surface area contributed by atoms with Crippen molar-refractivity contribution < 1.29 is 0 Å². The third-order valence-electron chi connectivity index (χ3n) is 3.13. The average Bonchev–Trinajstić information content (AvgIpc) is 2.32. The second-order valence-corrected chi connectivity index (χ2v) is 4.45. The maximum atomic E-state index is 4.46. The molecule has 2 N–H and O–H groups in total. The summed E-state index contributed by atoms with van der Waals surface area (Å²) in [4.78, 5) is 8.75. The first-order chi connectivity index (χ1) is 7.75. The lowest BCUT2D eigenvalue weighted by Crippen LogP contribution is -2.39. The number of rotatable bonds is 3. The number of nitrogens with one attached hydrogen (secondary N) is 2. The quantitative estimate of drug-likeness (QED) is 0.813. The molecule has 1 fully saturated rings. The normalized spacial score (nSPS) is 20.8. The average molecular weight is 220 g/mol. The van der Waals surface area contributed by atoms with E-state index in [1.54, 1.807) is 0 Å². The molecule has 88 valence electrons. The second-order valence-electron chi connectivity index (χ2n) is 4.45. The highest BCUT2D eigenvalue weighted by atomic mass is 15.1. The molecule has 2 heterocycles. The van der Waals surface area contributed by atoms with Gasteiger partial charge in [0.1, 0.15) is 5.82 Å². The van der Waals surface area contributed by atoms with Gasteiger partial charge in [-0.05, 0) is 33.2 Å². The molecule has 1 aromatic rings. The predicted molar refractivity (Wildman–Crippen MR) is 65.6 cm³/mol. The SMILES string of the molecule is Cc1ncc(NCC2CCCCN2)nc1C. The van der Waals surface area contributed by atoms with Crippen molar-refractivity contribution in [3.63, 3.8) is 0 Å². The third-order valence-corrected chi connectivity index (χ3v) is 3.13. The molecule has 0 saturated carbocycles. The van der Waals surface area contributed by atoms with Gasteiger partial charge < -0.3 is 10.6 Å². The van der Waals surface area contributed by atoms with Gasteiger partial charge in [0.15, 0.2) is 0 Å². The van der Waals surface area contributed by atoms with Gasteiger partial charge in [0.2, 0.25) is 0 Å². The lowest BCUT2D eigenvalue weighted by molar-refractivity contribution is 0.414. The van der Waals surface area contributed by atoms with Crippen molar-refractivity contribution >= 4 is 5.82 Å². The van der Waals surface area contributed by atoms with E-state index in [0.717, 1.165) is 30.3 Å². The minimum Gasteiger partial charge on any atom is -0.367 e. The van der Waals surface area contributed by atoms with Gasteiger partial charge in [-0.15, -0.1) is 0 Å². The highest BCUT2D eigenvalue weighted by Crippen LogP contribution is 2.09. The van der Waals surface area contributed by atoms with Gasteiger partial charge in [0, 0.05) is 12.6 Å². The molecular weight excluding hydrogens is 200 g/mol. The van der Waals surface area contributed by atoms with Gasteiger partial charge in [-0.1, -0.05) is 6.42 Å². The zero-order valence-electron chi connectivity index (χ0n) is 10.1. The molecule has 1 aromatic heterocycles. The Morgan fingerprint density at radius 1 is 1.38 bits per heavy atom. The van der Waals surface area contributed by atoms with Crippen molar-refractivity contribution in [2.45, 2.75) is 39.2 Å². The lowest BCUT2D eigenvalue weighted by atomic mass is 10.1. The third kappa shape index (κ3) is 2.92. The largest absolute Gasteiger partial charge is 0.367 e. The van der Waals surface area contributed by atoms with Crippen LogP contribution in [0.15, 0.2) is 6.20 Å². The van der Waals surface area contributed by atoms with Crippen LogP contribution in [0, 0.1) is 13.8 Å². The van der Waals surface area contributed by atoms with Crippen LogP contribution < -0.4 is 10.6 Å². The Morgan fingerprint density at radius 3 is 2.94 bits per heavy atom. The van der Waals surface area contributed by atoms with Gasteiger partial charge in [0.25, 0.3) is 0 Å². The molecule has 0 spiro atoms. The van der Waals surface area contributed by atoms with Crippen LogP contribution in [0.1, 0.15) is 30.7 Å². The number of piperidine rings is 1. The van der Waals surface area contributed by atoms with Crippen molar-refractivity contribution in [2.75, 3.05) is 18.4 Å². The maximum Gasteiger partial charge on any atom is 0.144 e. The molecule has 1 saturated heterocycles. The van der Waals surface area contributed by atoms with Crippen molar-refractivity contribution in [3.05, 3.63) is 17.6 Å². The molecule has 1 unspecified atom stereocenters. The Balaban J connectivity index is 1.86. The number of anilines is 1. The molecule has 0 aromatic carbocycles. The Morgan fingerprint density at radius 2 is 2.25 bits per heavy atom. The first kappa shape index (κ1) is 11.3. The summed E-state index contributed by atoms with van der Waals surface area (Å²) >= 11 is 0. The molecule has 0 amide bonds.